The first kappa shape index (κ1) is 13.1. The van der Waals surface area contributed by atoms with Crippen LogP contribution in [0.3, 0.4) is 0 Å². The second kappa shape index (κ2) is 5.23. The third-order valence-electron chi connectivity index (χ3n) is 4.72. The summed E-state index contributed by atoms with van der Waals surface area (Å²) >= 11 is 0. The van der Waals surface area contributed by atoms with Gasteiger partial charge in [0.15, 0.2) is 0 Å². The topological polar surface area (TPSA) is 38.7 Å². The van der Waals surface area contributed by atoms with Crippen molar-refractivity contribution in [2.75, 3.05) is 19.8 Å². The van der Waals surface area contributed by atoms with Crippen molar-refractivity contribution in [1.82, 2.24) is 0 Å². The Labute approximate surface area is 114 Å². The van der Waals surface area contributed by atoms with E-state index in [-0.39, 0.29) is 17.6 Å². The van der Waals surface area contributed by atoms with Crippen LogP contribution in [0.15, 0.2) is 30.3 Å². The highest BCUT2D eigenvalue weighted by Gasteiger charge is 2.49. The van der Waals surface area contributed by atoms with Crippen LogP contribution in [0.4, 0.5) is 0 Å². The number of fused-ring (bicyclic) bond motifs is 3. The number of hydrogen-bond donors (Lipinski definition) is 1. The van der Waals surface area contributed by atoms with Gasteiger partial charge in [-0.1, -0.05) is 30.3 Å². The maximum absolute atomic E-state index is 9.46. The molecule has 1 aliphatic carbocycles. The van der Waals surface area contributed by atoms with E-state index in [2.05, 4.69) is 12.1 Å². The van der Waals surface area contributed by atoms with Gasteiger partial charge in [0.1, 0.15) is 0 Å². The van der Waals surface area contributed by atoms with Crippen molar-refractivity contribution in [3.63, 3.8) is 0 Å². The minimum absolute atomic E-state index is 0.0428. The highest BCUT2D eigenvalue weighted by molar-refractivity contribution is 5.13. The van der Waals surface area contributed by atoms with E-state index < -0.39 is 0 Å². The van der Waals surface area contributed by atoms with E-state index in [0.717, 1.165) is 25.7 Å². The Hall–Kier alpha value is -0.900. The fourth-order valence-corrected chi connectivity index (χ4v) is 3.15. The van der Waals surface area contributed by atoms with Gasteiger partial charge in [0.25, 0.3) is 0 Å². The largest absolute Gasteiger partial charge is 0.396 e. The second-order valence-corrected chi connectivity index (χ2v) is 6.11. The van der Waals surface area contributed by atoms with Crippen molar-refractivity contribution < 1.29 is 14.6 Å². The van der Waals surface area contributed by atoms with E-state index in [1.165, 1.54) is 5.56 Å². The lowest BCUT2D eigenvalue weighted by atomic mass is 9.67. The van der Waals surface area contributed by atoms with Crippen LogP contribution < -0.4 is 0 Å². The van der Waals surface area contributed by atoms with E-state index >= 15 is 0 Å². The lowest BCUT2D eigenvalue weighted by Crippen LogP contribution is -2.54. The molecule has 19 heavy (non-hydrogen) atoms. The Morgan fingerprint density at radius 3 is 2.42 bits per heavy atom. The minimum Gasteiger partial charge on any atom is -0.396 e. The van der Waals surface area contributed by atoms with E-state index in [0.29, 0.717) is 19.8 Å². The first-order valence-corrected chi connectivity index (χ1v) is 7.13. The molecule has 2 aliphatic heterocycles. The van der Waals surface area contributed by atoms with Gasteiger partial charge in [-0.25, -0.2) is 0 Å². The van der Waals surface area contributed by atoms with Crippen LogP contribution in [0.25, 0.3) is 0 Å². The molecule has 1 N–H and O–H groups in total. The predicted octanol–water partition coefficient (Wildman–Crippen LogP) is 2.52. The van der Waals surface area contributed by atoms with E-state index in [4.69, 9.17) is 9.47 Å². The summed E-state index contributed by atoms with van der Waals surface area (Å²) in [4.78, 5) is 0. The first-order valence-electron chi connectivity index (χ1n) is 7.13. The van der Waals surface area contributed by atoms with Crippen molar-refractivity contribution >= 4 is 0 Å². The molecule has 0 spiro atoms. The summed E-state index contributed by atoms with van der Waals surface area (Å²) in [6.45, 7) is 2.27. The molecule has 1 aromatic carbocycles. The molecular formula is C16H22O3. The molecule has 104 valence electrons. The molecule has 4 rings (SSSR count). The van der Waals surface area contributed by atoms with Crippen LogP contribution >= 0.6 is 0 Å². The molecule has 0 radical (unpaired) electrons. The van der Waals surface area contributed by atoms with Gasteiger partial charge in [0, 0.05) is 5.41 Å². The van der Waals surface area contributed by atoms with Crippen molar-refractivity contribution in [3.05, 3.63) is 35.9 Å². The highest BCUT2D eigenvalue weighted by atomic mass is 16.5. The quantitative estimate of drug-likeness (QED) is 0.886. The molecule has 0 atom stereocenters. The average Bonchev–Trinajstić information content (AvgIpc) is 2.50. The number of aliphatic hydroxyl groups is 1. The summed E-state index contributed by atoms with van der Waals surface area (Å²) in [5.41, 5.74) is 1.16. The molecule has 1 saturated carbocycles. The Bertz CT molecular complexity index is 391. The van der Waals surface area contributed by atoms with Crippen LogP contribution in [-0.2, 0) is 16.1 Å². The minimum atomic E-state index is -0.0916. The summed E-state index contributed by atoms with van der Waals surface area (Å²) in [6.07, 6.45) is 4.17. The molecule has 0 amide bonds. The monoisotopic (exact) mass is 262 g/mol. The van der Waals surface area contributed by atoms with Gasteiger partial charge in [-0.05, 0) is 31.2 Å². The molecule has 3 nitrogen and oxygen atoms in total. The first-order chi connectivity index (χ1) is 9.26. The van der Waals surface area contributed by atoms with Gasteiger partial charge in [-0.15, -0.1) is 0 Å². The molecule has 3 aliphatic rings. The number of aliphatic hydroxyl groups excluding tert-OH is 1. The molecular weight excluding hydrogens is 240 g/mol. The van der Waals surface area contributed by atoms with Gasteiger partial charge in [0.2, 0.25) is 0 Å². The molecule has 0 aromatic heterocycles. The molecule has 0 unspecified atom stereocenters. The third-order valence-corrected chi connectivity index (χ3v) is 4.72. The zero-order valence-corrected chi connectivity index (χ0v) is 11.3. The predicted molar refractivity (Wildman–Crippen MR) is 72.8 cm³/mol. The van der Waals surface area contributed by atoms with Gasteiger partial charge < -0.3 is 14.6 Å². The van der Waals surface area contributed by atoms with Crippen molar-refractivity contribution in [3.8, 4) is 0 Å². The van der Waals surface area contributed by atoms with E-state index in [9.17, 15) is 5.11 Å². The van der Waals surface area contributed by atoms with E-state index in [1.807, 2.05) is 18.2 Å². The molecule has 1 aromatic rings. The van der Waals surface area contributed by atoms with Crippen molar-refractivity contribution in [2.45, 2.75) is 37.9 Å². The van der Waals surface area contributed by atoms with Crippen LogP contribution in [-0.4, -0.2) is 30.5 Å². The lowest BCUT2D eigenvalue weighted by Gasteiger charge is -2.52. The maximum Gasteiger partial charge on any atom is 0.0915 e. The Morgan fingerprint density at radius 1 is 1.11 bits per heavy atom. The van der Waals surface area contributed by atoms with E-state index in [1.54, 1.807) is 0 Å². The molecule has 2 saturated heterocycles. The van der Waals surface area contributed by atoms with Gasteiger partial charge in [0.05, 0.1) is 32.0 Å². The third kappa shape index (κ3) is 2.69. The summed E-state index contributed by atoms with van der Waals surface area (Å²) in [6, 6.07) is 10.2. The average molecular weight is 262 g/mol. The van der Waals surface area contributed by atoms with Gasteiger partial charge in [-0.2, -0.15) is 0 Å². The fourth-order valence-electron chi connectivity index (χ4n) is 3.15. The number of benzene rings is 1. The molecule has 2 heterocycles. The Morgan fingerprint density at radius 2 is 1.84 bits per heavy atom. The Kier molecular flexibility index (Phi) is 3.61. The number of hydrogen-bond acceptors (Lipinski definition) is 3. The number of ether oxygens (including phenoxy) is 2. The molecule has 2 bridgehead atoms. The summed E-state index contributed by atoms with van der Waals surface area (Å²) < 4.78 is 11.9. The summed E-state index contributed by atoms with van der Waals surface area (Å²) in [5.74, 6) is 0. The van der Waals surface area contributed by atoms with Crippen LogP contribution in [0.2, 0.25) is 0 Å². The molecule has 3 fully saturated rings. The molecule has 3 heteroatoms. The SMILES string of the molecule is OCC12CCC(COCc3ccccc3)(CC1)OC2. The van der Waals surface area contributed by atoms with Crippen molar-refractivity contribution in [2.24, 2.45) is 5.41 Å². The van der Waals surface area contributed by atoms with Crippen LogP contribution in [0.1, 0.15) is 31.2 Å². The maximum atomic E-state index is 9.46. The van der Waals surface area contributed by atoms with Gasteiger partial charge >= 0.3 is 0 Å². The zero-order valence-electron chi connectivity index (χ0n) is 11.3. The fraction of sp³-hybridized carbons (Fsp3) is 0.625. The van der Waals surface area contributed by atoms with Gasteiger partial charge in [-0.3, -0.25) is 0 Å². The smallest absolute Gasteiger partial charge is 0.0915 e. The second-order valence-electron chi connectivity index (χ2n) is 6.11. The highest BCUT2D eigenvalue weighted by Crippen LogP contribution is 2.48. The van der Waals surface area contributed by atoms with Crippen molar-refractivity contribution in [1.29, 1.82) is 0 Å². The summed E-state index contributed by atoms with van der Waals surface area (Å²) in [7, 11) is 0. The Balaban J connectivity index is 1.51. The summed E-state index contributed by atoms with van der Waals surface area (Å²) in [5, 5.41) is 9.46. The normalized spacial score (nSPS) is 33.5. The zero-order chi connectivity index (χ0) is 13.2. The van der Waals surface area contributed by atoms with Crippen LogP contribution in [0, 0.1) is 5.41 Å². The number of rotatable bonds is 5. The van der Waals surface area contributed by atoms with Crippen LogP contribution in [0.5, 0.6) is 0 Å². The standard InChI is InChI=1S/C16H22O3/c17-11-15-6-8-16(9-7-15,19-12-15)13-18-10-14-4-2-1-3-5-14/h1-5,17H,6-13H2. The lowest BCUT2D eigenvalue weighted by molar-refractivity contribution is -0.215.